The Morgan fingerprint density at radius 2 is 2.16 bits per heavy atom. The van der Waals surface area contributed by atoms with Gasteiger partial charge in [-0.25, -0.2) is 4.98 Å². The third-order valence-electron chi connectivity index (χ3n) is 4.78. The van der Waals surface area contributed by atoms with Crippen molar-refractivity contribution in [3.8, 4) is 0 Å². The van der Waals surface area contributed by atoms with Gasteiger partial charge in [-0.2, -0.15) is 4.98 Å². The van der Waals surface area contributed by atoms with Crippen LogP contribution in [0.25, 0.3) is 0 Å². The molecule has 1 aromatic rings. The van der Waals surface area contributed by atoms with Crippen LogP contribution in [0.1, 0.15) is 18.0 Å². The van der Waals surface area contributed by atoms with Crippen LogP contribution >= 0.6 is 0 Å². The minimum absolute atomic E-state index is 0.0631. The van der Waals surface area contributed by atoms with Gasteiger partial charge in [0.05, 0.1) is 25.5 Å². The predicted molar refractivity (Wildman–Crippen MR) is 96.3 cm³/mol. The number of aliphatic hydroxyl groups is 1. The van der Waals surface area contributed by atoms with Crippen LogP contribution < -0.4 is 10.2 Å². The number of rotatable bonds is 8. The van der Waals surface area contributed by atoms with Crippen LogP contribution in [-0.4, -0.2) is 92.8 Å². The first-order valence-corrected chi connectivity index (χ1v) is 9.08. The van der Waals surface area contributed by atoms with Crippen molar-refractivity contribution in [3.63, 3.8) is 0 Å². The van der Waals surface area contributed by atoms with Gasteiger partial charge >= 0.3 is 0 Å². The number of aromatic nitrogens is 2. The Balaban J connectivity index is 1.70. The summed E-state index contributed by atoms with van der Waals surface area (Å²) in [6, 6.07) is 2.11. The van der Waals surface area contributed by atoms with Crippen LogP contribution in [0.4, 0.5) is 11.8 Å². The van der Waals surface area contributed by atoms with Gasteiger partial charge in [0.25, 0.3) is 0 Å². The lowest BCUT2D eigenvalue weighted by Crippen LogP contribution is -2.47. The standard InChI is InChI=1S/C17H29N5O3/c1-24-11-8-21-4-6-22(7-5-21)16-12-15(14-2-10-25-13-14)19-17(20-16)18-3-9-23/h12,14,23H,2-11,13H2,1H3,(H,18,19,20)/t14-/m0/s1. The van der Waals surface area contributed by atoms with Gasteiger partial charge in [-0.15, -0.1) is 0 Å². The second kappa shape index (κ2) is 9.28. The summed E-state index contributed by atoms with van der Waals surface area (Å²) in [5.74, 6) is 1.89. The molecule has 0 radical (unpaired) electrons. The molecule has 2 saturated heterocycles. The van der Waals surface area contributed by atoms with Crippen molar-refractivity contribution in [2.45, 2.75) is 12.3 Å². The van der Waals surface area contributed by atoms with Crippen molar-refractivity contribution in [1.29, 1.82) is 0 Å². The average molecular weight is 351 g/mol. The topological polar surface area (TPSA) is 83.0 Å². The lowest BCUT2D eigenvalue weighted by atomic mass is 10.0. The number of ether oxygens (including phenoxy) is 2. The number of methoxy groups -OCH3 is 1. The fourth-order valence-corrected chi connectivity index (χ4v) is 3.26. The monoisotopic (exact) mass is 351 g/mol. The number of nitrogens with zero attached hydrogens (tertiary/aromatic N) is 4. The van der Waals surface area contributed by atoms with E-state index in [4.69, 9.17) is 14.6 Å². The first-order valence-electron chi connectivity index (χ1n) is 9.08. The smallest absolute Gasteiger partial charge is 0.224 e. The van der Waals surface area contributed by atoms with Gasteiger partial charge < -0.3 is 24.8 Å². The molecule has 1 aromatic heterocycles. The minimum atomic E-state index is 0.0631. The summed E-state index contributed by atoms with van der Waals surface area (Å²) in [4.78, 5) is 14.0. The number of hydrogen-bond donors (Lipinski definition) is 2. The molecule has 2 aliphatic heterocycles. The minimum Gasteiger partial charge on any atom is -0.395 e. The van der Waals surface area contributed by atoms with Gasteiger partial charge in [-0.1, -0.05) is 0 Å². The van der Waals surface area contributed by atoms with Crippen LogP contribution in [0, 0.1) is 0 Å². The average Bonchev–Trinajstić information content (AvgIpc) is 3.20. The van der Waals surface area contributed by atoms with Crippen LogP contribution in [0.5, 0.6) is 0 Å². The highest BCUT2D eigenvalue weighted by molar-refractivity contribution is 5.46. The molecular weight excluding hydrogens is 322 g/mol. The SMILES string of the molecule is COCCN1CCN(c2cc([C@H]3CCOC3)nc(NCCO)n2)CC1. The molecule has 0 aromatic carbocycles. The Labute approximate surface area is 149 Å². The van der Waals surface area contributed by atoms with Gasteiger partial charge in [0.2, 0.25) is 5.95 Å². The first-order chi connectivity index (χ1) is 12.3. The van der Waals surface area contributed by atoms with Crippen molar-refractivity contribution in [3.05, 3.63) is 11.8 Å². The third kappa shape index (κ3) is 5.01. The van der Waals surface area contributed by atoms with Crippen LogP contribution in [0.15, 0.2) is 6.07 Å². The molecule has 0 unspecified atom stereocenters. The van der Waals surface area contributed by atoms with Crippen molar-refractivity contribution >= 4 is 11.8 Å². The maximum Gasteiger partial charge on any atom is 0.224 e. The highest BCUT2D eigenvalue weighted by Crippen LogP contribution is 2.27. The normalized spacial score (nSPS) is 21.7. The molecule has 140 valence electrons. The fourth-order valence-electron chi connectivity index (χ4n) is 3.26. The Hall–Kier alpha value is -1.48. The van der Waals surface area contributed by atoms with E-state index in [-0.39, 0.29) is 6.61 Å². The summed E-state index contributed by atoms with van der Waals surface area (Å²) >= 11 is 0. The molecule has 2 aliphatic rings. The molecule has 2 fully saturated rings. The molecule has 0 saturated carbocycles. The number of hydrogen-bond acceptors (Lipinski definition) is 8. The summed E-state index contributed by atoms with van der Waals surface area (Å²) in [5, 5.41) is 12.2. The Bertz CT molecular complexity index is 531. The lowest BCUT2D eigenvalue weighted by Gasteiger charge is -2.35. The van der Waals surface area contributed by atoms with E-state index in [1.807, 2.05) is 0 Å². The summed E-state index contributed by atoms with van der Waals surface area (Å²) in [6.45, 7) is 7.69. The van der Waals surface area contributed by atoms with Gasteiger partial charge in [0.1, 0.15) is 5.82 Å². The quantitative estimate of drug-likeness (QED) is 0.685. The summed E-state index contributed by atoms with van der Waals surface area (Å²) in [5.41, 5.74) is 1.03. The van der Waals surface area contributed by atoms with Crippen molar-refractivity contribution < 1.29 is 14.6 Å². The van der Waals surface area contributed by atoms with E-state index in [1.165, 1.54) is 0 Å². The lowest BCUT2D eigenvalue weighted by molar-refractivity contribution is 0.144. The Morgan fingerprint density at radius 3 is 2.84 bits per heavy atom. The van der Waals surface area contributed by atoms with Crippen LogP contribution in [0.3, 0.4) is 0 Å². The number of nitrogens with one attached hydrogen (secondary N) is 1. The van der Waals surface area contributed by atoms with E-state index in [0.29, 0.717) is 18.4 Å². The molecule has 0 bridgehead atoms. The van der Waals surface area contributed by atoms with Crippen molar-refractivity contribution in [2.24, 2.45) is 0 Å². The number of aliphatic hydroxyl groups excluding tert-OH is 1. The molecule has 3 rings (SSSR count). The second-order valence-electron chi connectivity index (χ2n) is 6.51. The summed E-state index contributed by atoms with van der Waals surface area (Å²) < 4.78 is 10.7. The van der Waals surface area contributed by atoms with Gasteiger partial charge in [-0.3, -0.25) is 4.90 Å². The molecule has 0 aliphatic carbocycles. The second-order valence-corrected chi connectivity index (χ2v) is 6.51. The highest BCUT2D eigenvalue weighted by Gasteiger charge is 2.23. The Kier molecular flexibility index (Phi) is 6.80. The van der Waals surface area contributed by atoms with Gasteiger partial charge in [-0.05, 0) is 6.42 Å². The van der Waals surface area contributed by atoms with E-state index < -0.39 is 0 Å². The summed E-state index contributed by atoms with van der Waals surface area (Å²) in [6.07, 6.45) is 1.00. The zero-order valence-corrected chi connectivity index (χ0v) is 15.0. The highest BCUT2D eigenvalue weighted by atomic mass is 16.5. The summed E-state index contributed by atoms with van der Waals surface area (Å²) in [7, 11) is 1.74. The largest absolute Gasteiger partial charge is 0.395 e. The van der Waals surface area contributed by atoms with E-state index in [1.54, 1.807) is 7.11 Å². The number of anilines is 2. The third-order valence-corrected chi connectivity index (χ3v) is 4.78. The zero-order chi connectivity index (χ0) is 17.5. The molecule has 8 heteroatoms. The van der Waals surface area contributed by atoms with E-state index in [0.717, 1.165) is 70.5 Å². The molecule has 3 heterocycles. The molecule has 1 atom stereocenters. The van der Waals surface area contributed by atoms with E-state index >= 15 is 0 Å². The molecule has 8 nitrogen and oxygen atoms in total. The first kappa shape index (κ1) is 18.3. The van der Waals surface area contributed by atoms with Crippen LogP contribution in [-0.2, 0) is 9.47 Å². The van der Waals surface area contributed by atoms with Crippen LogP contribution in [0.2, 0.25) is 0 Å². The molecule has 0 spiro atoms. The molecule has 0 amide bonds. The Morgan fingerprint density at radius 1 is 1.32 bits per heavy atom. The molecule has 25 heavy (non-hydrogen) atoms. The predicted octanol–water partition coefficient (Wildman–Crippen LogP) is 0.153. The maximum atomic E-state index is 9.06. The number of piperazine rings is 1. The van der Waals surface area contributed by atoms with Crippen molar-refractivity contribution in [2.75, 3.05) is 83.0 Å². The zero-order valence-electron chi connectivity index (χ0n) is 15.0. The van der Waals surface area contributed by atoms with E-state index in [9.17, 15) is 0 Å². The maximum absolute atomic E-state index is 9.06. The van der Waals surface area contributed by atoms with Gasteiger partial charge in [0.15, 0.2) is 0 Å². The van der Waals surface area contributed by atoms with Gasteiger partial charge in [0, 0.05) is 65.0 Å². The molecular formula is C17H29N5O3. The molecule has 2 N–H and O–H groups in total. The van der Waals surface area contributed by atoms with Crippen molar-refractivity contribution in [1.82, 2.24) is 14.9 Å². The fraction of sp³-hybridized carbons (Fsp3) is 0.765. The van der Waals surface area contributed by atoms with E-state index in [2.05, 4.69) is 31.2 Å².